The highest BCUT2D eigenvalue weighted by molar-refractivity contribution is 7.89. The van der Waals surface area contributed by atoms with Gasteiger partial charge in [0.05, 0.1) is 16.0 Å². The van der Waals surface area contributed by atoms with E-state index < -0.39 is 27.7 Å². The van der Waals surface area contributed by atoms with Crippen LogP contribution in [0.25, 0.3) is 0 Å². The monoisotopic (exact) mass is 440 g/mol. The molecule has 2 heterocycles. The van der Waals surface area contributed by atoms with Gasteiger partial charge < -0.3 is 10.2 Å². The van der Waals surface area contributed by atoms with Crippen molar-refractivity contribution < 1.29 is 26.4 Å². The first-order valence-corrected chi connectivity index (χ1v) is 10.8. The third kappa shape index (κ3) is 3.99. The van der Waals surface area contributed by atoms with E-state index >= 15 is 0 Å². The third-order valence-electron chi connectivity index (χ3n) is 5.64. The molecule has 2 unspecified atom stereocenters. The summed E-state index contributed by atoms with van der Waals surface area (Å²) in [6.45, 7) is 1.29. The fourth-order valence-electron chi connectivity index (χ4n) is 3.91. The lowest BCUT2D eigenvalue weighted by Gasteiger charge is -2.27. The van der Waals surface area contributed by atoms with Crippen molar-refractivity contribution in [1.82, 2.24) is 4.98 Å². The Bertz CT molecular complexity index is 1090. The molecule has 2 aromatic rings. The highest BCUT2D eigenvalue weighted by Crippen LogP contribution is 2.42. The molecule has 30 heavy (non-hydrogen) atoms. The molecule has 11 heteroatoms. The molecule has 1 saturated heterocycles. The number of pyridine rings is 1. The second-order valence-corrected chi connectivity index (χ2v) is 9.18. The van der Waals surface area contributed by atoms with Crippen LogP contribution in [0.4, 0.5) is 24.7 Å². The van der Waals surface area contributed by atoms with Gasteiger partial charge in [-0.2, -0.15) is 13.2 Å². The Morgan fingerprint density at radius 3 is 2.40 bits per heavy atom. The largest absolute Gasteiger partial charge is 0.417 e. The predicted molar refractivity (Wildman–Crippen MR) is 103 cm³/mol. The molecule has 1 aromatic heterocycles. The second kappa shape index (κ2) is 7.24. The number of benzene rings is 1. The van der Waals surface area contributed by atoms with Crippen LogP contribution >= 0.6 is 0 Å². The minimum atomic E-state index is -4.65. The van der Waals surface area contributed by atoms with Crippen LogP contribution in [-0.4, -0.2) is 32.4 Å². The van der Waals surface area contributed by atoms with Crippen LogP contribution in [0.2, 0.25) is 0 Å². The number of anilines is 2. The highest BCUT2D eigenvalue weighted by atomic mass is 32.2. The Balaban J connectivity index is 1.68. The first-order valence-electron chi connectivity index (χ1n) is 9.29. The lowest BCUT2D eigenvalue weighted by atomic mass is 9.77. The number of primary sulfonamides is 1. The molecule has 4 rings (SSSR count). The molecule has 0 spiro atoms. The van der Waals surface area contributed by atoms with E-state index in [4.69, 9.17) is 5.14 Å². The average molecular weight is 440 g/mol. The number of amides is 1. The van der Waals surface area contributed by atoms with Crippen molar-refractivity contribution in [1.29, 1.82) is 0 Å². The zero-order valence-corrected chi connectivity index (χ0v) is 16.5. The van der Waals surface area contributed by atoms with Crippen LogP contribution in [-0.2, 0) is 16.2 Å². The van der Waals surface area contributed by atoms with Gasteiger partial charge in [-0.15, -0.1) is 0 Å². The number of nitrogens with two attached hydrogens (primary N) is 1. The van der Waals surface area contributed by atoms with Crippen molar-refractivity contribution in [2.24, 2.45) is 17.0 Å². The Hall–Kier alpha value is -2.66. The number of nitrogens with zero attached hydrogens (tertiary/aromatic N) is 2. The summed E-state index contributed by atoms with van der Waals surface area (Å²) in [5.74, 6) is 0.319. The molecule has 7 nitrogen and oxygen atoms in total. The second-order valence-electron chi connectivity index (χ2n) is 7.62. The molecule has 0 radical (unpaired) electrons. The minimum absolute atomic E-state index is 0.0939. The molecular formula is C19H19F3N4O3S. The zero-order valence-electron chi connectivity index (χ0n) is 15.7. The summed E-state index contributed by atoms with van der Waals surface area (Å²) in [7, 11) is -4.00. The van der Waals surface area contributed by atoms with E-state index in [9.17, 15) is 26.4 Å². The van der Waals surface area contributed by atoms with E-state index in [-0.39, 0.29) is 22.0 Å². The summed E-state index contributed by atoms with van der Waals surface area (Å²) in [5, 5.41) is 7.55. The number of sulfonamides is 1. The van der Waals surface area contributed by atoms with Gasteiger partial charge >= 0.3 is 6.18 Å². The number of halogens is 3. The van der Waals surface area contributed by atoms with Crippen LogP contribution in [0.5, 0.6) is 0 Å². The van der Waals surface area contributed by atoms with Crippen LogP contribution in [0, 0.1) is 11.8 Å². The van der Waals surface area contributed by atoms with Gasteiger partial charge in [-0.3, -0.25) is 4.79 Å². The van der Waals surface area contributed by atoms with Crippen LogP contribution in [0.1, 0.15) is 28.8 Å². The molecule has 1 amide bonds. The normalized spacial score (nSPS) is 21.1. The van der Waals surface area contributed by atoms with Gasteiger partial charge in [0.1, 0.15) is 5.82 Å². The molecule has 2 atom stereocenters. The van der Waals surface area contributed by atoms with E-state index in [0.717, 1.165) is 31.2 Å². The van der Waals surface area contributed by atoms with E-state index in [2.05, 4.69) is 10.3 Å². The molecule has 2 aliphatic rings. The maximum absolute atomic E-state index is 13.2. The number of aromatic nitrogens is 1. The van der Waals surface area contributed by atoms with Crippen LogP contribution in [0.3, 0.4) is 0 Å². The number of hydrogen-bond donors (Lipinski definition) is 2. The molecule has 1 aromatic carbocycles. The summed E-state index contributed by atoms with van der Waals surface area (Å²) >= 11 is 0. The van der Waals surface area contributed by atoms with Crippen molar-refractivity contribution >= 4 is 27.4 Å². The number of carbonyl (C=O) groups is 1. The Labute approximate surface area is 171 Å². The van der Waals surface area contributed by atoms with Gasteiger partial charge in [-0.25, -0.2) is 18.5 Å². The summed E-state index contributed by atoms with van der Waals surface area (Å²) in [6.07, 6.45) is -1.81. The van der Waals surface area contributed by atoms with Crippen molar-refractivity contribution in [2.75, 3.05) is 23.3 Å². The number of fused-ring (bicyclic) bond motifs is 1. The van der Waals surface area contributed by atoms with Crippen molar-refractivity contribution in [3.05, 3.63) is 47.7 Å². The quantitative estimate of drug-likeness (QED) is 0.761. The van der Waals surface area contributed by atoms with Gasteiger partial charge in [0.25, 0.3) is 5.91 Å². The molecule has 0 bridgehead atoms. The van der Waals surface area contributed by atoms with Crippen molar-refractivity contribution in [2.45, 2.75) is 23.9 Å². The first kappa shape index (κ1) is 20.6. The molecule has 160 valence electrons. The fraction of sp³-hybridized carbons (Fsp3) is 0.368. The third-order valence-corrected chi connectivity index (χ3v) is 6.55. The summed E-state index contributed by atoms with van der Waals surface area (Å²) in [4.78, 5) is 18.5. The molecule has 1 aliphatic carbocycles. The van der Waals surface area contributed by atoms with Crippen molar-refractivity contribution in [3.8, 4) is 0 Å². The van der Waals surface area contributed by atoms with Gasteiger partial charge in [0.2, 0.25) is 10.0 Å². The number of alkyl halides is 3. The number of carbonyl (C=O) groups excluding carboxylic acids is 1. The van der Waals surface area contributed by atoms with Gasteiger partial charge in [0.15, 0.2) is 0 Å². The van der Waals surface area contributed by atoms with Gasteiger partial charge in [-0.05, 0) is 48.9 Å². The summed E-state index contributed by atoms with van der Waals surface area (Å²) < 4.78 is 62.7. The van der Waals surface area contributed by atoms with E-state index in [1.165, 1.54) is 18.2 Å². The SMILES string of the molecule is NS(=O)(=O)c1cccc(NC(=O)c2cc(C(F)(F)F)cnc2N2CC3CCC3C2)c1. The predicted octanol–water partition coefficient (Wildman–Crippen LogP) is 2.85. The highest BCUT2D eigenvalue weighted by Gasteiger charge is 2.41. The van der Waals surface area contributed by atoms with E-state index in [1.54, 1.807) is 0 Å². The lowest BCUT2D eigenvalue weighted by molar-refractivity contribution is -0.137. The Morgan fingerprint density at radius 2 is 1.83 bits per heavy atom. The van der Waals surface area contributed by atoms with E-state index in [0.29, 0.717) is 24.9 Å². The number of rotatable bonds is 4. The molecule has 1 saturated carbocycles. The standard InChI is InChI=1S/C19H19F3N4O3S/c20-19(21,22)13-6-16(17(24-8-13)26-9-11-4-5-12(11)10-26)18(27)25-14-2-1-3-15(7-14)30(23,28)29/h1-3,6-8,11-12H,4-5,9-10H2,(H,25,27)(H2,23,28,29). The van der Waals surface area contributed by atoms with Gasteiger partial charge in [0, 0.05) is 25.0 Å². The maximum Gasteiger partial charge on any atom is 0.417 e. The molecule has 2 fully saturated rings. The van der Waals surface area contributed by atoms with Gasteiger partial charge in [-0.1, -0.05) is 6.07 Å². The molecular weight excluding hydrogens is 421 g/mol. The Kier molecular flexibility index (Phi) is 4.97. The first-order chi connectivity index (χ1) is 14.0. The summed E-state index contributed by atoms with van der Waals surface area (Å²) in [5.41, 5.74) is -1.15. The maximum atomic E-state index is 13.2. The number of nitrogens with one attached hydrogen (secondary N) is 1. The minimum Gasteiger partial charge on any atom is -0.355 e. The fourth-order valence-corrected chi connectivity index (χ4v) is 4.47. The van der Waals surface area contributed by atoms with Crippen molar-refractivity contribution in [3.63, 3.8) is 0 Å². The van der Waals surface area contributed by atoms with Crippen LogP contribution < -0.4 is 15.4 Å². The summed E-state index contributed by atoms with van der Waals surface area (Å²) in [6, 6.07) is 5.97. The Morgan fingerprint density at radius 1 is 1.17 bits per heavy atom. The lowest BCUT2D eigenvalue weighted by Crippen LogP contribution is -2.26. The van der Waals surface area contributed by atoms with Crippen LogP contribution in [0.15, 0.2) is 41.4 Å². The zero-order chi connectivity index (χ0) is 21.7. The molecule has 3 N–H and O–H groups in total. The van der Waals surface area contributed by atoms with E-state index in [1.807, 2.05) is 4.90 Å². The molecule has 1 aliphatic heterocycles. The topological polar surface area (TPSA) is 105 Å². The smallest absolute Gasteiger partial charge is 0.355 e. The average Bonchev–Trinajstić information content (AvgIpc) is 2.94. The number of hydrogen-bond acceptors (Lipinski definition) is 5.